The second kappa shape index (κ2) is 8.60. The number of carboxylic acid groups (broad SMARTS) is 1. The van der Waals surface area contributed by atoms with Gasteiger partial charge in [0, 0.05) is 39.3 Å². The Bertz CT molecular complexity index is 711. The zero-order valence-electron chi connectivity index (χ0n) is 14.7. The van der Waals surface area contributed by atoms with Crippen LogP contribution in [0.15, 0.2) is 10.2 Å². The van der Waals surface area contributed by atoms with Crippen LogP contribution in [-0.4, -0.2) is 49.9 Å². The highest BCUT2D eigenvalue weighted by molar-refractivity contribution is 7.99. The molecule has 2 aromatic rings. The minimum atomic E-state index is -0.833. The van der Waals surface area contributed by atoms with E-state index < -0.39 is 5.97 Å². The van der Waals surface area contributed by atoms with E-state index >= 15 is 0 Å². The van der Waals surface area contributed by atoms with Crippen LogP contribution < -0.4 is 10.6 Å². The van der Waals surface area contributed by atoms with Crippen LogP contribution in [0.5, 0.6) is 0 Å². The number of anilines is 1. The summed E-state index contributed by atoms with van der Waals surface area (Å²) in [7, 11) is 5.75. The van der Waals surface area contributed by atoms with Crippen molar-refractivity contribution in [1.29, 1.82) is 0 Å². The Kier molecular flexibility index (Phi) is 7.11. The number of hydrogen-bond acceptors (Lipinski definition) is 8. The number of rotatable bonds is 4. The SMILES string of the molecule is CC(=O)O.Cc1nc(N(C)C)nc(Sc2nnc(CN)n2C)c1C. The fourth-order valence-corrected chi connectivity index (χ4v) is 2.51. The average Bonchev–Trinajstić information content (AvgIpc) is 2.83. The van der Waals surface area contributed by atoms with E-state index in [-0.39, 0.29) is 0 Å². The van der Waals surface area contributed by atoms with Crippen LogP contribution in [0.1, 0.15) is 24.0 Å². The quantitative estimate of drug-likeness (QED) is 0.774. The summed E-state index contributed by atoms with van der Waals surface area (Å²) in [6, 6.07) is 0. The fourth-order valence-electron chi connectivity index (χ4n) is 1.59. The van der Waals surface area contributed by atoms with Crippen LogP contribution in [0.3, 0.4) is 0 Å². The Hall–Kier alpha value is -2.20. The van der Waals surface area contributed by atoms with Crippen LogP contribution in [0.4, 0.5) is 5.95 Å². The highest BCUT2D eigenvalue weighted by Gasteiger charge is 2.15. The van der Waals surface area contributed by atoms with Crippen molar-refractivity contribution in [2.45, 2.75) is 37.5 Å². The number of hydrogen-bond donors (Lipinski definition) is 2. The lowest BCUT2D eigenvalue weighted by Crippen LogP contribution is -2.14. The molecule has 9 nitrogen and oxygen atoms in total. The molecule has 0 saturated heterocycles. The van der Waals surface area contributed by atoms with Gasteiger partial charge in [0.2, 0.25) is 5.95 Å². The van der Waals surface area contributed by atoms with Crippen LogP contribution >= 0.6 is 11.8 Å². The van der Waals surface area contributed by atoms with Crippen LogP contribution in [0.2, 0.25) is 0 Å². The van der Waals surface area contributed by atoms with Crippen LogP contribution in [0, 0.1) is 13.8 Å². The lowest BCUT2D eigenvalue weighted by atomic mass is 10.3. The molecule has 132 valence electrons. The van der Waals surface area contributed by atoms with E-state index in [1.807, 2.05) is 44.5 Å². The maximum Gasteiger partial charge on any atom is 0.300 e. The van der Waals surface area contributed by atoms with Gasteiger partial charge in [-0.2, -0.15) is 0 Å². The summed E-state index contributed by atoms with van der Waals surface area (Å²) >= 11 is 1.48. The summed E-state index contributed by atoms with van der Waals surface area (Å²) in [6.45, 7) is 5.45. The summed E-state index contributed by atoms with van der Waals surface area (Å²) in [4.78, 5) is 19.9. The maximum absolute atomic E-state index is 9.00. The third-order valence-electron chi connectivity index (χ3n) is 3.03. The molecule has 0 amide bonds. The van der Waals surface area contributed by atoms with Crippen molar-refractivity contribution < 1.29 is 9.90 Å². The van der Waals surface area contributed by atoms with Crippen molar-refractivity contribution in [3.63, 3.8) is 0 Å². The number of aromatic nitrogens is 5. The Morgan fingerprint density at radius 3 is 2.33 bits per heavy atom. The summed E-state index contributed by atoms with van der Waals surface area (Å²) in [5.74, 6) is 0.612. The third kappa shape index (κ3) is 5.17. The Balaban J connectivity index is 0.000000648. The Morgan fingerprint density at radius 1 is 1.29 bits per heavy atom. The van der Waals surface area contributed by atoms with Gasteiger partial charge in [-0.3, -0.25) is 4.79 Å². The zero-order valence-corrected chi connectivity index (χ0v) is 15.5. The number of aliphatic carboxylic acids is 1. The molecule has 0 atom stereocenters. The number of carbonyl (C=O) groups is 1. The van der Waals surface area contributed by atoms with E-state index in [0.717, 1.165) is 34.2 Å². The molecule has 3 N–H and O–H groups in total. The lowest BCUT2D eigenvalue weighted by molar-refractivity contribution is -0.134. The van der Waals surface area contributed by atoms with Gasteiger partial charge >= 0.3 is 0 Å². The minimum absolute atomic E-state index is 0.370. The summed E-state index contributed by atoms with van der Waals surface area (Å²) < 4.78 is 1.89. The van der Waals surface area contributed by atoms with E-state index in [1.54, 1.807) is 0 Å². The average molecular weight is 353 g/mol. The molecule has 0 aliphatic rings. The van der Waals surface area contributed by atoms with Gasteiger partial charge in [-0.1, -0.05) is 0 Å². The van der Waals surface area contributed by atoms with Crippen molar-refractivity contribution in [2.24, 2.45) is 12.8 Å². The van der Waals surface area contributed by atoms with Gasteiger partial charge in [0.25, 0.3) is 5.97 Å². The predicted molar refractivity (Wildman–Crippen MR) is 92.2 cm³/mol. The van der Waals surface area contributed by atoms with Crippen molar-refractivity contribution in [3.8, 4) is 0 Å². The summed E-state index contributed by atoms with van der Waals surface area (Å²) in [5, 5.41) is 17.3. The first kappa shape index (κ1) is 19.8. The van der Waals surface area contributed by atoms with Gasteiger partial charge in [0.15, 0.2) is 5.16 Å². The van der Waals surface area contributed by atoms with Gasteiger partial charge in [-0.25, -0.2) is 9.97 Å². The van der Waals surface area contributed by atoms with Crippen LogP contribution in [-0.2, 0) is 18.4 Å². The molecule has 0 saturated carbocycles. The first-order valence-corrected chi connectivity index (χ1v) is 7.97. The molecule has 10 heteroatoms. The largest absolute Gasteiger partial charge is 0.481 e. The van der Waals surface area contributed by atoms with E-state index in [0.29, 0.717) is 12.5 Å². The van der Waals surface area contributed by atoms with Crippen molar-refractivity contribution >= 4 is 23.7 Å². The lowest BCUT2D eigenvalue weighted by Gasteiger charge is -2.14. The predicted octanol–water partition coefficient (Wildman–Crippen LogP) is 0.989. The van der Waals surface area contributed by atoms with E-state index in [2.05, 4.69) is 20.2 Å². The van der Waals surface area contributed by atoms with Crippen molar-refractivity contribution in [1.82, 2.24) is 24.7 Å². The molecule has 0 aliphatic carbocycles. The summed E-state index contributed by atoms with van der Waals surface area (Å²) in [6.07, 6.45) is 0. The van der Waals surface area contributed by atoms with Gasteiger partial charge in [-0.15, -0.1) is 10.2 Å². The topological polar surface area (TPSA) is 123 Å². The molecule has 0 aromatic carbocycles. The molecule has 24 heavy (non-hydrogen) atoms. The van der Waals surface area contributed by atoms with E-state index in [1.165, 1.54) is 11.8 Å². The number of nitrogens with two attached hydrogens (primary N) is 1. The first-order chi connectivity index (χ1) is 11.2. The standard InChI is InChI=1S/C12H19N7S.C2H4O2/c1-7-8(2)14-11(18(3)4)15-10(7)20-12-17-16-9(6-13)19(12)5;1-2(3)4/h6,13H2,1-5H3;1H3,(H,3,4). The monoisotopic (exact) mass is 353 g/mol. The Labute approximate surface area is 145 Å². The van der Waals surface area contributed by atoms with E-state index in [9.17, 15) is 0 Å². The Morgan fingerprint density at radius 2 is 1.88 bits per heavy atom. The molecule has 2 rings (SSSR count). The molecule has 0 radical (unpaired) electrons. The molecular weight excluding hydrogens is 330 g/mol. The molecule has 0 bridgehead atoms. The summed E-state index contributed by atoms with van der Waals surface area (Å²) in [5.41, 5.74) is 7.63. The zero-order chi connectivity index (χ0) is 18.4. The van der Waals surface area contributed by atoms with Crippen molar-refractivity contribution in [3.05, 3.63) is 17.1 Å². The number of nitrogens with zero attached hydrogens (tertiary/aromatic N) is 6. The van der Waals surface area contributed by atoms with Crippen LogP contribution in [0.25, 0.3) is 0 Å². The van der Waals surface area contributed by atoms with Crippen molar-refractivity contribution in [2.75, 3.05) is 19.0 Å². The number of carboxylic acids is 1. The molecule has 0 spiro atoms. The molecule has 0 unspecified atom stereocenters. The highest BCUT2D eigenvalue weighted by Crippen LogP contribution is 2.29. The molecule has 0 fully saturated rings. The smallest absolute Gasteiger partial charge is 0.300 e. The molecular formula is C14H23N7O2S. The van der Waals surface area contributed by atoms with Gasteiger partial charge < -0.3 is 20.3 Å². The number of aryl methyl sites for hydroxylation is 1. The van der Waals surface area contributed by atoms with Gasteiger partial charge in [0.05, 0.1) is 6.54 Å². The second-order valence-electron chi connectivity index (χ2n) is 5.22. The van der Waals surface area contributed by atoms with E-state index in [4.69, 9.17) is 15.6 Å². The third-order valence-corrected chi connectivity index (χ3v) is 4.16. The van der Waals surface area contributed by atoms with Gasteiger partial charge in [-0.05, 0) is 25.6 Å². The highest BCUT2D eigenvalue weighted by atomic mass is 32.2. The minimum Gasteiger partial charge on any atom is -0.481 e. The molecule has 2 aromatic heterocycles. The maximum atomic E-state index is 9.00. The second-order valence-corrected chi connectivity index (χ2v) is 6.17. The first-order valence-electron chi connectivity index (χ1n) is 7.15. The normalized spacial score (nSPS) is 10.1. The van der Waals surface area contributed by atoms with Gasteiger partial charge in [0.1, 0.15) is 10.9 Å². The fraction of sp³-hybridized carbons (Fsp3) is 0.500. The molecule has 0 aliphatic heterocycles. The molecule has 2 heterocycles.